The molecule has 3 rings (SSSR count). The number of amides is 1. The van der Waals surface area contributed by atoms with Crippen LogP contribution in [0.5, 0.6) is 0 Å². The molecule has 0 aliphatic carbocycles. The third-order valence-corrected chi connectivity index (χ3v) is 5.22. The van der Waals surface area contributed by atoms with E-state index in [0.29, 0.717) is 5.92 Å². The molecule has 100 valence electrons. The van der Waals surface area contributed by atoms with Crippen molar-refractivity contribution < 1.29 is 4.79 Å². The van der Waals surface area contributed by atoms with Crippen molar-refractivity contribution in [3.8, 4) is 0 Å². The third-order valence-electron chi connectivity index (χ3n) is 3.34. The highest BCUT2D eigenvalue weighted by Crippen LogP contribution is 2.30. The molecule has 0 saturated carbocycles. The lowest BCUT2D eigenvalue weighted by Gasteiger charge is -2.31. The van der Waals surface area contributed by atoms with Gasteiger partial charge in [0.25, 0.3) is 5.91 Å². The zero-order valence-electron chi connectivity index (χ0n) is 10.7. The molecule has 0 bridgehead atoms. The molecule has 1 aliphatic rings. The summed E-state index contributed by atoms with van der Waals surface area (Å²) in [7, 11) is 0. The van der Waals surface area contributed by atoms with Crippen LogP contribution >= 0.6 is 22.7 Å². The van der Waals surface area contributed by atoms with Gasteiger partial charge in [0, 0.05) is 30.1 Å². The van der Waals surface area contributed by atoms with Gasteiger partial charge in [-0.25, -0.2) is 4.98 Å². The van der Waals surface area contributed by atoms with Gasteiger partial charge in [0.1, 0.15) is 4.88 Å². The SMILES string of the molecule is Cc1csc([C@@H]2CCCN(C(=O)c3cncs3)C2)n1. The Hall–Kier alpha value is -1.27. The molecule has 1 aliphatic heterocycles. The molecule has 6 heteroatoms. The summed E-state index contributed by atoms with van der Waals surface area (Å²) in [6.45, 7) is 3.64. The molecular weight excluding hydrogens is 278 g/mol. The summed E-state index contributed by atoms with van der Waals surface area (Å²) < 4.78 is 0. The second-order valence-electron chi connectivity index (χ2n) is 4.78. The first-order valence-electron chi connectivity index (χ1n) is 6.34. The molecule has 3 heterocycles. The summed E-state index contributed by atoms with van der Waals surface area (Å²) in [5, 5.41) is 3.25. The average Bonchev–Trinajstić information content (AvgIpc) is 3.09. The molecule has 1 saturated heterocycles. The van der Waals surface area contributed by atoms with Gasteiger partial charge in [0.05, 0.1) is 16.7 Å². The number of aryl methyl sites for hydroxylation is 1. The molecule has 0 spiro atoms. The molecule has 1 amide bonds. The highest BCUT2D eigenvalue weighted by Gasteiger charge is 2.27. The van der Waals surface area contributed by atoms with E-state index in [0.717, 1.165) is 36.5 Å². The van der Waals surface area contributed by atoms with Gasteiger partial charge >= 0.3 is 0 Å². The first-order valence-corrected chi connectivity index (χ1v) is 8.10. The Labute approximate surface area is 120 Å². The maximum absolute atomic E-state index is 12.3. The minimum Gasteiger partial charge on any atom is -0.337 e. The van der Waals surface area contributed by atoms with Gasteiger partial charge in [-0.2, -0.15) is 0 Å². The maximum atomic E-state index is 12.3. The molecule has 0 unspecified atom stereocenters. The number of thiazole rings is 2. The summed E-state index contributed by atoms with van der Waals surface area (Å²) in [4.78, 5) is 23.5. The fraction of sp³-hybridized carbons (Fsp3) is 0.462. The van der Waals surface area contributed by atoms with Gasteiger partial charge in [-0.15, -0.1) is 22.7 Å². The van der Waals surface area contributed by atoms with E-state index in [-0.39, 0.29) is 5.91 Å². The molecule has 1 fully saturated rings. The first-order chi connectivity index (χ1) is 9.24. The zero-order valence-corrected chi connectivity index (χ0v) is 12.3. The van der Waals surface area contributed by atoms with Crippen LogP contribution in [0, 0.1) is 6.92 Å². The Morgan fingerprint density at radius 3 is 3.05 bits per heavy atom. The normalized spacial score (nSPS) is 19.6. The summed E-state index contributed by atoms with van der Waals surface area (Å²) in [5.74, 6) is 0.504. The number of hydrogen-bond acceptors (Lipinski definition) is 5. The molecule has 2 aromatic heterocycles. The van der Waals surface area contributed by atoms with E-state index in [1.54, 1.807) is 23.0 Å². The Morgan fingerprint density at radius 1 is 1.47 bits per heavy atom. The molecule has 2 aromatic rings. The van der Waals surface area contributed by atoms with Gasteiger partial charge in [-0.1, -0.05) is 0 Å². The van der Waals surface area contributed by atoms with Crippen molar-refractivity contribution in [1.29, 1.82) is 0 Å². The largest absolute Gasteiger partial charge is 0.337 e. The Morgan fingerprint density at radius 2 is 2.37 bits per heavy atom. The first kappa shape index (κ1) is 12.7. The van der Waals surface area contributed by atoms with Crippen molar-refractivity contribution in [3.05, 3.63) is 32.7 Å². The van der Waals surface area contributed by atoms with Gasteiger partial charge in [0.15, 0.2) is 0 Å². The number of aromatic nitrogens is 2. The van der Waals surface area contributed by atoms with E-state index >= 15 is 0 Å². The fourth-order valence-corrected chi connectivity index (χ4v) is 3.91. The van der Waals surface area contributed by atoms with Gasteiger partial charge < -0.3 is 4.90 Å². The van der Waals surface area contributed by atoms with Crippen molar-refractivity contribution in [2.75, 3.05) is 13.1 Å². The summed E-state index contributed by atoms with van der Waals surface area (Å²) in [6, 6.07) is 0. The Kier molecular flexibility index (Phi) is 3.61. The molecule has 0 radical (unpaired) electrons. The Balaban J connectivity index is 1.73. The number of carbonyl (C=O) groups excluding carboxylic acids is 1. The van der Waals surface area contributed by atoms with Crippen molar-refractivity contribution in [3.63, 3.8) is 0 Å². The maximum Gasteiger partial charge on any atom is 0.265 e. The Bertz CT molecular complexity index is 564. The number of carbonyl (C=O) groups is 1. The van der Waals surface area contributed by atoms with E-state index in [9.17, 15) is 4.79 Å². The minimum absolute atomic E-state index is 0.112. The minimum atomic E-state index is 0.112. The third kappa shape index (κ3) is 2.69. The van der Waals surface area contributed by atoms with Gasteiger partial charge in [-0.05, 0) is 19.8 Å². The smallest absolute Gasteiger partial charge is 0.265 e. The summed E-state index contributed by atoms with van der Waals surface area (Å²) >= 11 is 3.12. The van der Waals surface area contributed by atoms with Crippen LogP contribution in [0.25, 0.3) is 0 Å². The van der Waals surface area contributed by atoms with Crippen LogP contribution in [0.1, 0.15) is 39.1 Å². The predicted molar refractivity (Wildman–Crippen MR) is 76.8 cm³/mol. The lowest BCUT2D eigenvalue weighted by Crippen LogP contribution is -2.38. The highest BCUT2D eigenvalue weighted by molar-refractivity contribution is 7.11. The fourth-order valence-electron chi connectivity index (χ4n) is 2.40. The van der Waals surface area contributed by atoms with Gasteiger partial charge in [0.2, 0.25) is 0 Å². The predicted octanol–water partition coefficient (Wildman–Crippen LogP) is 2.93. The molecule has 4 nitrogen and oxygen atoms in total. The molecule has 0 N–H and O–H groups in total. The number of hydrogen-bond donors (Lipinski definition) is 0. The molecular formula is C13H15N3OS2. The van der Waals surface area contributed by atoms with Crippen molar-refractivity contribution in [2.45, 2.75) is 25.7 Å². The average molecular weight is 293 g/mol. The zero-order chi connectivity index (χ0) is 13.2. The summed E-state index contributed by atoms with van der Waals surface area (Å²) in [6.07, 6.45) is 3.83. The van der Waals surface area contributed by atoms with Crippen LogP contribution in [0.3, 0.4) is 0 Å². The van der Waals surface area contributed by atoms with Crippen molar-refractivity contribution in [2.24, 2.45) is 0 Å². The van der Waals surface area contributed by atoms with Crippen LogP contribution in [-0.2, 0) is 0 Å². The molecule has 0 aromatic carbocycles. The van der Waals surface area contributed by atoms with E-state index in [4.69, 9.17) is 0 Å². The second-order valence-corrected chi connectivity index (χ2v) is 6.56. The van der Waals surface area contributed by atoms with Crippen LogP contribution in [0.2, 0.25) is 0 Å². The summed E-state index contributed by atoms with van der Waals surface area (Å²) in [5.41, 5.74) is 2.78. The lowest BCUT2D eigenvalue weighted by atomic mass is 9.98. The van der Waals surface area contributed by atoms with Crippen LogP contribution in [-0.4, -0.2) is 33.9 Å². The molecule has 19 heavy (non-hydrogen) atoms. The topological polar surface area (TPSA) is 46.1 Å². The van der Waals surface area contributed by atoms with E-state index in [1.807, 2.05) is 11.8 Å². The van der Waals surface area contributed by atoms with Crippen molar-refractivity contribution in [1.82, 2.24) is 14.9 Å². The number of rotatable bonds is 2. The lowest BCUT2D eigenvalue weighted by molar-refractivity contribution is 0.0711. The van der Waals surface area contributed by atoms with E-state index < -0.39 is 0 Å². The monoisotopic (exact) mass is 293 g/mol. The van der Waals surface area contributed by atoms with Gasteiger partial charge in [-0.3, -0.25) is 9.78 Å². The number of likely N-dealkylation sites (tertiary alicyclic amines) is 1. The molecule has 1 atom stereocenters. The quantitative estimate of drug-likeness (QED) is 0.855. The highest BCUT2D eigenvalue weighted by atomic mass is 32.1. The van der Waals surface area contributed by atoms with Crippen LogP contribution in [0.4, 0.5) is 0 Å². The number of piperidine rings is 1. The van der Waals surface area contributed by atoms with E-state index in [1.165, 1.54) is 16.3 Å². The van der Waals surface area contributed by atoms with Crippen molar-refractivity contribution >= 4 is 28.6 Å². The van der Waals surface area contributed by atoms with E-state index in [2.05, 4.69) is 15.3 Å². The second kappa shape index (κ2) is 5.38. The number of nitrogens with zero attached hydrogens (tertiary/aromatic N) is 3. The standard InChI is InChI=1S/C13H15N3OS2/c1-9-7-18-12(15-9)10-3-2-4-16(6-10)13(17)11-5-14-8-19-11/h5,7-8,10H,2-4,6H2,1H3/t10-/m1/s1. The van der Waals surface area contributed by atoms with Crippen LogP contribution < -0.4 is 0 Å². The van der Waals surface area contributed by atoms with Crippen LogP contribution in [0.15, 0.2) is 17.1 Å².